The minimum Gasteiger partial charge on any atom is -0.495 e. The molecule has 4 heteroatoms. The maximum atomic E-state index is 13.1. The van der Waals surface area contributed by atoms with Crippen LogP contribution in [0.3, 0.4) is 0 Å². The number of amides is 1. The Labute approximate surface area is 166 Å². The van der Waals surface area contributed by atoms with Crippen molar-refractivity contribution in [1.82, 2.24) is 0 Å². The number of benzene rings is 3. The minimum atomic E-state index is -0.324. The van der Waals surface area contributed by atoms with Crippen LogP contribution < -0.4 is 15.4 Å². The molecule has 3 aromatic carbocycles. The topological polar surface area (TPSA) is 54.9 Å². The normalized spacial score (nSPS) is 11.6. The number of nitrogens with two attached hydrogens (primary N) is 1. The highest BCUT2D eigenvalue weighted by Gasteiger charge is 2.24. The van der Waals surface area contributed by atoms with Gasteiger partial charge in [-0.1, -0.05) is 66.7 Å². The molecule has 144 valence electrons. The number of quaternary nitrogens is 1. The molecule has 0 spiro atoms. The fourth-order valence-corrected chi connectivity index (χ4v) is 3.25. The van der Waals surface area contributed by atoms with Gasteiger partial charge in [-0.2, -0.15) is 0 Å². The summed E-state index contributed by atoms with van der Waals surface area (Å²) in [5.41, 5.74) is 4.02. The zero-order valence-corrected chi connectivity index (χ0v) is 16.4. The number of carbonyl (C=O) groups excluding carboxylic acids is 1. The average Bonchev–Trinajstić information content (AvgIpc) is 2.73. The summed E-state index contributed by atoms with van der Waals surface area (Å²) in [6, 6.07) is 25.7. The lowest BCUT2D eigenvalue weighted by Crippen LogP contribution is -2.87. The average molecular weight is 375 g/mol. The molecule has 0 aliphatic carbocycles. The Morgan fingerprint density at radius 2 is 1.68 bits per heavy atom. The number of aryl methyl sites for hydroxylation is 1. The van der Waals surface area contributed by atoms with Crippen molar-refractivity contribution in [2.45, 2.75) is 19.4 Å². The number of hydrogen-bond donors (Lipinski definition) is 2. The molecule has 0 aliphatic heterocycles. The lowest BCUT2D eigenvalue weighted by atomic mass is 10.0. The van der Waals surface area contributed by atoms with Gasteiger partial charge in [-0.05, 0) is 30.2 Å². The summed E-state index contributed by atoms with van der Waals surface area (Å²) < 4.78 is 5.40. The molecule has 0 aliphatic rings. The highest BCUT2D eigenvalue weighted by molar-refractivity contribution is 5.95. The van der Waals surface area contributed by atoms with Crippen LogP contribution in [0.4, 0.5) is 5.69 Å². The van der Waals surface area contributed by atoms with Gasteiger partial charge in [0, 0.05) is 12.0 Å². The third-order valence-corrected chi connectivity index (χ3v) is 4.73. The molecule has 3 aromatic rings. The van der Waals surface area contributed by atoms with Crippen molar-refractivity contribution in [2.75, 3.05) is 19.0 Å². The van der Waals surface area contributed by atoms with Crippen LogP contribution in [0.15, 0.2) is 78.9 Å². The molecule has 0 unspecified atom stereocenters. The van der Waals surface area contributed by atoms with Gasteiger partial charge in [0.25, 0.3) is 5.91 Å². The van der Waals surface area contributed by atoms with E-state index in [0.717, 1.165) is 24.1 Å². The molecule has 0 aromatic heterocycles. The van der Waals surface area contributed by atoms with Crippen LogP contribution in [0.1, 0.15) is 22.7 Å². The zero-order chi connectivity index (χ0) is 19.8. The summed E-state index contributed by atoms with van der Waals surface area (Å²) in [7, 11) is 1.61. The van der Waals surface area contributed by atoms with Gasteiger partial charge in [-0.15, -0.1) is 0 Å². The van der Waals surface area contributed by atoms with E-state index in [1.54, 1.807) is 7.11 Å². The van der Waals surface area contributed by atoms with Crippen molar-refractivity contribution in [1.29, 1.82) is 0 Å². The van der Waals surface area contributed by atoms with Crippen LogP contribution in [-0.2, 0) is 11.2 Å². The van der Waals surface area contributed by atoms with E-state index in [1.807, 2.05) is 73.7 Å². The lowest BCUT2D eigenvalue weighted by molar-refractivity contribution is -0.682. The summed E-state index contributed by atoms with van der Waals surface area (Å²) in [5.74, 6) is 0.609. The molecule has 0 radical (unpaired) electrons. The van der Waals surface area contributed by atoms with E-state index in [1.165, 1.54) is 5.56 Å². The molecule has 0 bridgehead atoms. The van der Waals surface area contributed by atoms with Crippen LogP contribution in [0.25, 0.3) is 0 Å². The molecule has 4 nitrogen and oxygen atoms in total. The Kier molecular flexibility index (Phi) is 6.82. The summed E-state index contributed by atoms with van der Waals surface area (Å²) in [5, 5.41) is 5.15. The molecule has 1 amide bonds. The largest absolute Gasteiger partial charge is 0.495 e. The van der Waals surface area contributed by atoms with Crippen LogP contribution in [0, 0.1) is 6.92 Å². The van der Waals surface area contributed by atoms with E-state index in [9.17, 15) is 4.79 Å². The fourth-order valence-electron chi connectivity index (χ4n) is 3.25. The second-order valence-electron chi connectivity index (χ2n) is 6.84. The predicted molar refractivity (Wildman–Crippen MR) is 112 cm³/mol. The number of rotatable bonds is 8. The quantitative estimate of drug-likeness (QED) is 0.633. The molecule has 1 atom stereocenters. The number of carbonyl (C=O) groups is 1. The van der Waals surface area contributed by atoms with E-state index in [2.05, 4.69) is 22.8 Å². The van der Waals surface area contributed by atoms with E-state index in [4.69, 9.17) is 4.74 Å². The fraction of sp³-hybridized carbons (Fsp3) is 0.208. The van der Waals surface area contributed by atoms with Gasteiger partial charge in [0.05, 0.1) is 19.3 Å². The second kappa shape index (κ2) is 9.72. The molecule has 0 saturated heterocycles. The van der Waals surface area contributed by atoms with Crippen molar-refractivity contribution in [3.05, 3.63) is 95.6 Å². The number of anilines is 1. The van der Waals surface area contributed by atoms with E-state index >= 15 is 0 Å². The predicted octanol–water partition coefficient (Wildman–Crippen LogP) is 3.49. The molecular formula is C24H27N2O2+. The van der Waals surface area contributed by atoms with Gasteiger partial charge in [-0.3, -0.25) is 4.79 Å². The van der Waals surface area contributed by atoms with Crippen LogP contribution in [0.2, 0.25) is 0 Å². The highest BCUT2D eigenvalue weighted by Crippen LogP contribution is 2.26. The minimum absolute atomic E-state index is 0.0526. The summed E-state index contributed by atoms with van der Waals surface area (Å²) in [6.07, 6.45) is 0.908. The first kappa shape index (κ1) is 19.6. The smallest absolute Gasteiger partial charge is 0.287 e. The van der Waals surface area contributed by atoms with Crippen molar-refractivity contribution >= 4 is 11.6 Å². The van der Waals surface area contributed by atoms with Gasteiger partial charge in [-0.25, -0.2) is 0 Å². The van der Waals surface area contributed by atoms with Crippen molar-refractivity contribution in [3.8, 4) is 5.75 Å². The van der Waals surface area contributed by atoms with Crippen LogP contribution in [0.5, 0.6) is 5.75 Å². The Hall–Kier alpha value is -3.11. The zero-order valence-electron chi connectivity index (χ0n) is 16.4. The molecule has 28 heavy (non-hydrogen) atoms. The van der Waals surface area contributed by atoms with Crippen molar-refractivity contribution in [2.24, 2.45) is 0 Å². The van der Waals surface area contributed by atoms with Gasteiger partial charge < -0.3 is 15.4 Å². The number of methoxy groups -OCH3 is 1. The highest BCUT2D eigenvalue weighted by atomic mass is 16.5. The summed E-state index contributed by atoms with van der Waals surface area (Å²) >= 11 is 0. The molecule has 3 rings (SSSR count). The Morgan fingerprint density at radius 3 is 2.36 bits per heavy atom. The molecule has 0 heterocycles. The lowest BCUT2D eigenvalue weighted by Gasteiger charge is -2.17. The van der Waals surface area contributed by atoms with Gasteiger partial charge in [0.15, 0.2) is 6.04 Å². The van der Waals surface area contributed by atoms with Crippen LogP contribution in [-0.4, -0.2) is 19.6 Å². The Morgan fingerprint density at radius 1 is 1.00 bits per heavy atom. The molecule has 3 N–H and O–H groups in total. The van der Waals surface area contributed by atoms with Crippen molar-refractivity contribution in [3.63, 3.8) is 0 Å². The van der Waals surface area contributed by atoms with E-state index < -0.39 is 0 Å². The molecular weight excluding hydrogens is 348 g/mol. The van der Waals surface area contributed by atoms with Gasteiger partial charge in [0.1, 0.15) is 5.75 Å². The standard InChI is InChI=1S/C24H26N2O2/c1-18-13-14-22(28-2)21(17-18)26-24(27)23(20-11-7-4-8-12-20)25-16-15-19-9-5-3-6-10-19/h3-14,17,23,25H,15-16H2,1-2H3,(H,26,27)/p+1/t23-/m0/s1. The summed E-state index contributed by atoms with van der Waals surface area (Å²) in [4.78, 5) is 13.1. The maximum Gasteiger partial charge on any atom is 0.287 e. The van der Waals surface area contributed by atoms with Crippen molar-refractivity contribution < 1.29 is 14.8 Å². The first-order valence-electron chi connectivity index (χ1n) is 9.55. The first-order chi connectivity index (χ1) is 13.7. The van der Waals surface area contributed by atoms with E-state index in [-0.39, 0.29) is 11.9 Å². The van der Waals surface area contributed by atoms with Crippen LogP contribution >= 0.6 is 0 Å². The SMILES string of the molecule is COc1ccc(C)cc1NC(=O)[C@@H]([NH2+]CCc1ccccc1)c1ccccc1. The maximum absolute atomic E-state index is 13.1. The first-order valence-corrected chi connectivity index (χ1v) is 9.55. The monoisotopic (exact) mass is 375 g/mol. The summed E-state index contributed by atoms with van der Waals surface area (Å²) in [6.45, 7) is 2.82. The third kappa shape index (κ3) is 5.21. The number of hydrogen-bond acceptors (Lipinski definition) is 2. The third-order valence-electron chi connectivity index (χ3n) is 4.73. The van der Waals surface area contributed by atoms with Gasteiger partial charge in [0.2, 0.25) is 0 Å². The molecule has 0 saturated carbocycles. The van der Waals surface area contributed by atoms with E-state index in [0.29, 0.717) is 11.4 Å². The Bertz CT molecular complexity index is 895. The number of ether oxygens (including phenoxy) is 1. The second-order valence-corrected chi connectivity index (χ2v) is 6.84. The van der Waals surface area contributed by atoms with Gasteiger partial charge >= 0.3 is 0 Å². The Balaban J connectivity index is 1.75. The number of nitrogens with one attached hydrogen (secondary N) is 1. The molecule has 0 fully saturated rings.